The highest BCUT2D eigenvalue weighted by Crippen LogP contribution is 2.32. The van der Waals surface area contributed by atoms with E-state index in [0.717, 1.165) is 11.4 Å². The Balaban J connectivity index is 2.19. The molecule has 0 saturated carbocycles. The molecule has 0 aliphatic carbocycles. The maximum Gasteiger partial charge on any atom is 0.151 e. The summed E-state index contributed by atoms with van der Waals surface area (Å²) in [6, 6.07) is 9.77. The van der Waals surface area contributed by atoms with Crippen molar-refractivity contribution in [1.29, 1.82) is 0 Å². The minimum absolute atomic E-state index is 0.0347. The summed E-state index contributed by atoms with van der Waals surface area (Å²) in [5, 5.41) is 8.20. The van der Waals surface area contributed by atoms with E-state index in [2.05, 4.69) is 50.0 Å². The lowest BCUT2D eigenvalue weighted by molar-refractivity contribution is 0.291. The number of nitrogens with zero attached hydrogens (tertiary/aromatic N) is 2. The van der Waals surface area contributed by atoms with Crippen LogP contribution in [0.2, 0.25) is 5.15 Å². The van der Waals surface area contributed by atoms with Crippen molar-refractivity contribution in [2.24, 2.45) is 0 Å². The highest BCUT2D eigenvalue weighted by Gasteiger charge is 2.19. The van der Waals surface area contributed by atoms with Gasteiger partial charge in [0.25, 0.3) is 0 Å². The van der Waals surface area contributed by atoms with Gasteiger partial charge in [-0.1, -0.05) is 50.1 Å². The van der Waals surface area contributed by atoms with Gasteiger partial charge in [-0.15, -0.1) is 5.10 Å². The van der Waals surface area contributed by atoms with Gasteiger partial charge in [0.1, 0.15) is 18.1 Å². The van der Waals surface area contributed by atoms with Crippen molar-refractivity contribution in [3.63, 3.8) is 0 Å². The zero-order valence-electron chi connectivity index (χ0n) is 12.3. The summed E-state index contributed by atoms with van der Waals surface area (Å²) in [7, 11) is 0. The molecule has 0 bridgehead atoms. The fraction of sp³-hybridized carbons (Fsp3) is 0.375. The topological polar surface area (TPSA) is 35.0 Å². The summed E-state index contributed by atoms with van der Waals surface area (Å²) in [5.74, 6) is 0.889. The standard InChI is InChI=1S/C16H19ClN2O/c1-11-5-7-14(13(9-11)16(2,3)4)20-10-12-6-8-15(17)19-18-12/h5-9H,10H2,1-4H3. The van der Waals surface area contributed by atoms with Crippen LogP contribution in [-0.4, -0.2) is 10.2 Å². The Hall–Kier alpha value is -1.61. The van der Waals surface area contributed by atoms with Crippen molar-refractivity contribution >= 4 is 11.6 Å². The molecule has 0 fully saturated rings. The molecule has 0 aliphatic rings. The second-order valence-corrected chi connectivity index (χ2v) is 6.27. The molecule has 0 atom stereocenters. The summed E-state index contributed by atoms with van der Waals surface area (Å²) in [5.41, 5.74) is 3.22. The monoisotopic (exact) mass is 290 g/mol. The quantitative estimate of drug-likeness (QED) is 0.844. The first-order valence-corrected chi connectivity index (χ1v) is 6.96. The largest absolute Gasteiger partial charge is 0.487 e. The molecule has 1 aromatic heterocycles. The number of hydrogen-bond acceptors (Lipinski definition) is 3. The van der Waals surface area contributed by atoms with Crippen molar-refractivity contribution in [2.45, 2.75) is 39.7 Å². The van der Waals surface area contributed by atoms with Crippen LogP contribution in [0.15, 0.2) is 30.3 Å². The lowest BCUT2D eigenvalue weighted by Gasteiger charge is -2.23. The van der Waals surface area contributed by atoms with Gasteiger partial charge in [-0.2, -0.15) is 5.10 Å². The maximum absolute atomic E-state index is 5.90. The van der Waals surface area contributed by atoms with Gasteiger partial charge in [0, 0.05) is 0 Å². The van der Waals surface area contributed by atoms with Crippen LogP contribution in [0, 0.1) is 6.92 Å². The molecule has 20 heavy (non-hydrogen) atoms. The Morgan fingerprint density at radius 3 is 2.45 bits per heavy atom. The molecule has 0 aliphatic heterocycles. The van der Waals surface area contributed by atoms with E-state index < -0.39 is 0 Å². The van der Waals surface area contributed by atoms with Gasteiger partial charge >= 0.3 is 0 Å². The molecular weight excluding hydrogens is 272 g/mol. The summed E-state index contributed by atoms with van der Waals surface area (Å²) in [6.07, 6.45) is 0. The van der Waals surface area contributed by atoms with Crippen LogP contribution >= 0.6 is 11.6 Å². The first kappa shape index (κ1) is 14.8. The zero-order valence-corrected chi connectivity index (χ0v) is 13.0. The molecule has 1 aromatic carbocycles. The first-order valence-electron chi connectivity index (χ1n) is 6.58. The average molecular weight is 291 g/mol. The smallest absolute Gasteiger partial charge is 0.151 e. The Kier molecular flexibility index (Phi) is 4.29. The molecule has 0 amide bonds. The van der Waals surface area contributed by atoms with Gasteiger partial charge in [0.15, 0.2) is 5.15 Å². The Morgan fingerprint density at radius 2 is 1.85 bits per heavy atom. The van der Waals surface area contributed by atoms with E-state index in [1.165, 1.54) is 11.1 Å². The minimum Gasteiger partial charge on any atom is -0.487 e. The third-order valence-corrected chi connectivity index (χ3v) is 3.21. The number of rotatable bonds is 3. The number of halogens is 1. The second kappa shape index (κ2) is 5.80. The van der Waals surface area contributed by atoms with E-state index in [0.29, 0.717) is 11.8 Å². The van der Waals surface area contributed by atoms with Crippen molar-refractivity contribution in [3.8, 4) is 5.75 Å². The van der Waals surface area contributed by atoms with Crippen LogP contribution in [-0.2, 0) is 12.0 Å². The fourth-order valence-corrected chi connectivity index (χ4v) is 2.03. The summed E-state index contributed by atoms with van der Waals surface area (Å²) in [4.78, 5) is 0. The molecule has 4 heteroatoms. The SMILES string of the molecule is Cc1ccc(OCc2ccc(Cl)nn2)c(C(C)(C)C)c1. The molecule has 0 saturated heterocycles. The average Bonchev–Trinajstić information content (AvgIpc) is 2.38. The van der Waals surface area contributed by atoms with E-state index in [9.17, 15) is 0 Å². The van der Waals surface area contributed by atoms with Crippen LogP contribution in [0.3, 0.4) is 0 Å². The van der Waals surface area contributed by atoms with Gasteiger partial charge in [0.2, 0.25) is 0 Å². The summed E-state index contributed by atoms with van der Waals surface area (Å²) < 4.78 is 5.90. The highest BCUT2D eigenvalue weighted by molar-refractivity contribution is 6.29. The Morgan fingerprint density at radius 1 is 1.10 bits per heavy atom. The van der Waals surface area contributed by atoms with Crippen molar-refractivity contribution in [1.82, 2.24) is 10.2 Å². The summed E-state index contributed by atoms with van der Waals surface area (Å²) in [6.45, 7) is 9.00. The molecular formula is C16H19ClN2O. The number of aryl methyl sites for hydroxylation is 1. The molecule has 1 heterocycles. The van der Waals surface area contributed by atoms with Crippen LogP contribution in [0.5, 0.6) is 5.75 Å². The molecule has 0 radical (unpaired) electrons. The van der Waals surface area contributed by atoms with E-state index in [-0.39, 0.29) is 5.41 Å². The molecule has 0 N–H and O–H groups in total. The van der Waals surface area contributed by atoms with Gasteiger partial charge in [0.05, 0.1) is 0 Å². The fourth-order valence-electron chi connectivity index (χ4n) is 1.93. The van der Waals surface area contributed by atoms with E-state index in [1.54, 1.807) is 6.07 Å². The first-order chi connectivity index (χ1) is 9.36. The van der Waals surface area contributed by atoms with Crippen LogP contribution in [0.25, 0.3) is 0 Å². The minimum atomic E-state index is 0.0347. The number of ether oxygens (including phenoxy) is 1. The number of benzene rings is 1. The third kappa shape index (κ3) is 3.70. The van der Waals surface area contributed by atoms with Crippen LogP contribution in [0.1, 0.15) is 37.6 Å². The second-order valence-electron chi connectivity index (χ2n) is 5.89. The lowest BCUT2D eigenvalue weighted by atomic mass is 9.85. The normalized spacial score (nSPS) is 11.4. The van der Waals surface area contributed by atoms with E-state index in [4.69, 9.17) is 16.3 Å². The van der Waals surface area contributed by atoms with Gasteiger partial charge in [-0.3, -0.25) is 0 Å². The van der Waals surface area contributed by atoms with Crippen LogP contribution < -0.4 is 4.74 Å². The zero-order chi connectivity index (χ0) is 14.8. The molecule has 2 rings (SSSR count). The molecule has 3 nitrogen and oxygen atoms in total. The van der Waals surface area contributed by atoms with Gasteiger partial charge in [-0.25, -0.2) is 0 Å². The van der Waals surface area contributed by atoms with Gasteiger partial charge < -0.3 is 4.74 Å². The number of hydrogen-bond donors (Lipinski definition) is 0. The van der Waals surface area contributed by atoms with Crippen molar-refractivity contribution in [3.05, 3.63) is 52.3 Å². The van der Waals surface area contributed by atoms with E-state index >= 15 is 0 Å². The highest BCUT2D eigenvalue weighted by atomic mass is 35.5. The van der Waals surface area contributed by atoms with Crippen LogP contribution in [0.4, 0.5) is 0 Å². The molecule has 2 aromatic rings. The predicted molar refractivity (Wildman–Crippen MR) is 81.3 cm³/mol. The third-order valence-electron chi connectivity index (χ3n) is 3.01. The summed E-state index contributed by atoms with van der Waals surface area (Å²) >= 11 is 5.72. The number of aromatic nitrogens is 2. The Bertz CT molecular complexity index is 588. The predicted octanol–water partition coefficient (Wildman–Crippen LogP) is 4.31. The van der Waals surface area contributed by atoms with Gasteiger partial charge in [-0.05, 0) is 36.1 Å². The van der Waals surface area contributed by atoms with Crippen molar-refractivity contribution < 1.29 is 4.74 Å². The maximum atomic E-state index is 5.90. The molecule has 0 spiro atoms. The molecule has 0 unspecified atom stereocenters. The lowest BCUT2D eigenvalue weighted by Crippen LogP contribution is -2.14. The molecule has 106 valence electrons. The van der Waals surface area contributed by atoms with E-state index in [1.807, 2.05) is 12.1 Å². The van der Waals surface area contributed by atoms with Crippen molar-refractivity contribution in [2.75, 3.05) is 0 Å². The Labute approximate surface area is 125 Å².